The van der Waals surface area contributed by atoms with E-state index in [-0.39, 0.29) is 18.5 Å². The molecule has 1 spiro atoms. The second kappa shape index (κ2) is 12.6. The highest BCUT2D eigenvalue weighted by Gasteiger charge is 2.61. The van der Waals surface area contributed by atoms with Crippen LogP contribution in [-0.4, -0.2) is 0 Å². The summed E-state index contributed by atoms with van der Waals surface area (Å²) in [7, 11) is 0. The number of fused-ring (bicyclic) bond motifs is 10. The molecule has 0 aromatic heterocycles. The molecular weight excluding hydrogens is 777 g/mol. The molecule has 3 N–H and O–H groups in total. The molecule has 4 unspecified atom stereocenters. The van der Waals surface area contributed by atoms with Gasteiger partial charge in [0.25, 0.3) is 0 Å². The number of nitrogens with one attached hydrogen (secondary N) is 3. The van der Waals surface area contributed by atoms with Gasteiger partial charge in [-0.25, -0.2) is 0 Å². The minimum atomic E-state index is -0.529. The summed E-state index contributed by atoms with van der Waals surface area (Å²) in [6.45, 7) is 0. The predicted octanol–water partition coefficient (Wildman–Crippen LogP) is 13.1. The lowest BCUT2D eigenvalue weighted by Crippen LogP contribution is -2.54. The van der Waals surface area contributed by atoms with Gasteiger partial charge in [-0.3, -0.25) is 16.0 Å². The van der Waals surface area contributed by atoms with Crippen molar-refractivity contribution in [2.75, 3.05) is 4.90 Å². The normalized spacial score (nSPS) is 23.8. The summed E-state index contributed by atoms with van der Waals surface area (Å²) in [5.41, 5.74) is 20.0. The zero-order chi connectivity index (χ0) is 41.7. The summed E-state index contributed by atoms with van der Waals surface area (Å²) < 4.78 is 0. The largest absolute Gasteiger partial charge is 0.312 e. The molecule has 9 aromatic rings. The first-order valence-electron chi connectivity index (χ1n) is 22.8. The Morgan fingerprint density at radius 2 is 1.03 bits per heavy atom. The van der Waals surface area contributed by atoms with E-state index in [9.17, 15) is 0 Å². The molecule has 3 aliphatic heterocycles. The average molecular weight is 819 g/mol. The molecule has 15 rings (SSSR count). The van der Waals surface area contributed by atoms with Crippen LogP contribution in [0.3, 0.4) is 0 Å². The highest BCUT2D eigenvalue weighted by atomic mass is 15.4. The molecule has 9 aromatic carbocycles. The molecule has 6 bridgehead atoms. The van der Waals surface area contributed by atoms with Crippen LogP contribution < -0.4 is 20.9 Å². The fourth-order valence-electron chi connectivity index (χ4n) is 13.2. The maximum absolute atomic E-state index is 4.17. The molecular formula is C60H42N4. The van der Waals surface area contributed by atoms with Gasteiger partial charge in [0.1, 0.15) is 0 Å². The Morgan fingerprint density at radius 3 is 1.80 bits per heavy atom. The van der Waals surface area contributed by atoms with Crippen LogP contribution in [0.2, 0.25) is 0 Å². The molecule has 6 aliphatic rings. The van der Waals surface area contributed by atoms with Crippen LogP contribution in [0.1, 0.15) is 69.4 Å². The third-order valence-corrected chi connectivity index (χ3v) is 15.6. The van der Waals surface area contributed by atoms with E-state index in [0.717, 1.165) is 6.42 Å². The van der Waals surface area contributed by atoms with Crippen LogP contribution in [-0.2, 0) is 10.8 Å². The van der Waals surface area contributed by atoms with Crippen LogP contribution in [0.5, 0.6) is 0 Å². The third-order valence-electron chi connectivity index (χ3n) is 15.6. The first-order chi connectivity index (χ1) is 31.7. The minimum absolute atomic E-state index is 0.118. The van der Waals surface area contributed by atoms with Gasteiger partial charge in [0.15, 0.2) is 0 Å². The lowest BCUT2D eigenvalue weighted by molar-refractivity contribution is 0.204. The van der Waals surface area contributed by atoms with E-state index in [4.69, 9.17) is 0 Å². The number of anilines is 2. The molecule has 0 saturated carbocycles. The van der Waals surface area contributed by atoms with Crippen LogP contribution >= 0.6 is 0 Å². The van der Waals surface area contributed by atoms with Crippen LogP contribution in [0.15, 0.2) is 218 Å². The molecule has 64 heavy (non-hydrogen) atoms. The molecule has 3 aliphatic carbocycles. The molecule has 0 amide bonds. The van der Waals surface area contributed by atoms with Gasteiger partial charge in [-0.2, -0.15) is 0 Å². The monoisotopic (exact) mass is 818 g/mol. The molecule has 4 nitrogen and oxygen atoms in total. The predicted molar refractivity (Wildman–Crippen MR) is 259 cm³/mol. The van der Waals surface area contributed by atoms with Crippen molar-refractivity contribution < 1.29 is 0 Å². The van der Waals surface area contributed by atoms with Gasteiger partial charge in [0.05, 0.1) is 40.7 Å². The van der Waals surface area contributed by atoms with Crippen molar-refractivity contribution in [3.63, 3.8) is 0 Å². The topological polar surface area (TPSA) is 39.3 Å². The molecule has 1 saturated heterocycles. The summed E-state index contributed by atoms with van der Waals surface area (Å²) in [5.74, 6) is 0. The van der Waals surface area contributed by atoms with Crippen LogP contribution in [0, 0.1) is 0 Å². The zero-order valence-corrected chi connectivity index (χ0v) is 35.0. The third kappa shape index (κ3) is 4.24. The van der Waals surface area contributed by atoms with Crippen molar-refractivity contribution in [1.29, 1.82) is 0 Å². The number of hydrogen-bond acceptors (Lipinski definition) is 4. The summed E-state index contributed by atoms with van der Waals surface area (Å²) >= 11 is 0. The van der Waals surface area contributed by atoms with E-state index < -0.39 is 10.8 Å². The van der Waals surface area contributed by atoms with Gasteiger partial charge in [-0.05, 0) is 118 Å². The van der Waals surface area contributed by atoms with Crippen molar-refractivity contribution in [1.82, 2.24) is 16.0 Å². The quantitative estimate of drug-likeness (QED) is 0.155. The molecule has 1 fully saturated rings. The highest BCUT2D eigenvalue weighted by molar-refractivity contribution is 6.18. The highest BCUT2D eigenvalue weighted by Crippen LogP contribution is 2.70. The van der Waals surface area contributed by atoms with Crippen LogP contribution in [0.25, 0.3) is 43.8 Å². The Bertz CT molecular complexity index is 3500. The number of nitrogens with zero attached hydrogens (tertiary/aromatic N) is 1. The van der Waals surface area contributed by atoms with Crippen molar-refractivity contribution >= 4 is 32.9 Å². The Morgan fingerprint density at radius 1 is 0.453 bits per heavy atom. The molecule has 4 heteroatoms. The summed E-state index contributed by atoms with van der Waals surface area (Å²) in [6, 6.07) is 73.4. The van der Waals surface area contributed by atoms with Gasteiger partial charge in [0, 0.05) is 5.70 Å². The van der Waals surface area contributed by atoms with E-state index in [2.05, 4.69) is 227 Å². The smallest absolute Gasteiger partial charge is 0.0876 e. The van der Waals surface area contributed by atoms with Crippen LogP contribution in [0.4, 0.5) is 11.4 Å². The number of allylic oxidation sites excluding steroid dienone is 4. The Labute approximate surface area is 372 Å². The Kier molecular flexibility index (Phi) is 6.95. The number of benzene rings is 9. The van der Waals surface area contributed by atoms with Gasteiger partial charge < -0.3 is 4.90 Å². The summed E-state index contributed by atoms with van der Waals surface area (Å²) in [4.78, 5) is 2.66. The lowest BCUT2D eigenvalue weighted by atomic mass is 9.57. The van der Waals surface area contributed by atoms with Gasteiger partial charge in [-0.15, -0.1) is 0 Å². The molecule has 3 heterocycles. The maximum atomic E-state index is 4.17. The Hall–Kier alpha value is -7.34. The van der Waals surface area contributed by atoms with E-state index in [1.807, 2.05) is 0 Å². The fourth-order valence-corrected chi connectivity index (χ4v) is 13.2. The minimum Gasteiger partial charge on any atom is -0.312 e. The number of hydrogen-bond donors (Lipinski definition) is 3. The zero-order valence-electron chi connectivity index (χ0n) is 35.0. The molecule has 302 valence electrons. The standard InChI is InChI=1S/C60H42N4/c1-3-17-36(18-4-1)56-61-57(37-19-5-2-6-20-37)63-58(62-56)54-43-23-8-7-21-39(43)42-24-15-28-47-53(42)52(54)38-32-33-41-40-22-9-10-25-44(40)60(49(41)35-38)46-27-12-14-31-51(46)64-50-30-13-11-26-45(50)59(47)34-16-29-48(60)55(59)64/h1-33,35,56-58,61-63H,34H2. The lowest BCUT2D eigenvalue weighted by Gasteiger charge is -2.49. The maximum Gasteiger partial charge on any atom is 0.0876 e. The molecule has 0 radical (unpaired) electrons. The summed E-state index contributed by atoms with van der Waals surface area (Å²) in [5, 5.41) is 17.4. The first-order valence-corrected chi connectivity index (χ1v) is 22.8. The van der Waals surface area contributed by atoms with Gasteiger partial charge in [-0.1, -0.05) is 188 Å². The van der Waals surface area contributed by atoms with Crippen molar-refractivity contribution in [3.05, 3.63) is 262 Å². The van der Waals surface area contributed by atoms with E-state index in [1.54, 1.807) is 0 Å². The average Bonchev–Trinajstić information content (AvgIpc) is 3.84. The SMILES string of the molecule is C1=CC2=C3N4c5ccccc5C3(C1)c1cccc3c1c(c(C1NC(c5ccccc5)NC(c5ccccc5)N1)c1ccccc13)-c1ccc3c(c1)C2(c1ccccc1-3)c1ccccc14. The van der Waals surface area contributed by atoms with Gasteiger partial charge in [0.2, 0.25) is 0 Å². The molecule has 4 atom stereocenters. The van der Waals surface area contributed by atoms with E-state index in [0.29, 0.717) is 0 Å². The van der Waals surface area contributed by atoms with E-state index >= 15 is 0 Å². The second-order valence-electron chi connectivity index (χ2n) is 18.4. The van der Waals surface area contributed by atoms with Crippen molar-refractivity contribution in [2.24, 2.45) is 0 Å². The summed E-state index contributed by atoms with van der Waals surface area (Å²) in [6.07, 6.45) is 5.40. The number of rotatable bonds is 3. The fraction of sp³-hybridized carbons (Fsp3) is 0.100. The Balaban J connectivity index is 1.14. The van der Waals surface area contributed by atoms with E-state index in [1.165, 1.54) is 111 Å². The second-order valence-corrected chi connectivity index (χ2v) is 18.4. The van der Waals surface area contributed by atoms with Crippen molar-refractivity contribution in [3.8, 4) is 22.3 Å². The number of para-hydroxylation sites is 2. The van der Waals surface area contributed by atoms with Gasteiger partial charge >= 0.3 is 0 Å². The first kappa shape index (κ1) is 35.2. The van der Waals surface area contributed by atoms with Crippen molar-refractivity contribution in [2.45, 2.75) is 35.7 Å².